The van der Waals surface area contributed by atoms with Crippen molar-refractivity contribution in [3.8, 4) is 0 Å². The number of rotatable bonds is 3. The van der Waals surface area contributed by atoms with Crippen molar-refractivity contribution < 1.29 is 4.79 Å². The molecule has 3 nitrogen and oxygen atoms in total. The molecule has 2 aromatic heterocycles. The van der Waals surface area contributed by atoms with E-state index < -0.39 is 0 Å². The monoisotopic (exact) mass is 246 g/mol. The van der Waals surface area contributed by atoms with Gasteiger partial charge in [0.15, 0.2) is 5.78 Å². The lowest BCUT2D eigenvalue weighted by Gasteiger charge is -2.04. The molecule has 0 unspecified atom stereocenters. The minimum atomic E-state index is -0.0313. The van der Waals surface area contributed by atoms with E-state index in [1.807, 2.05) is 19.1 Å². The summed E-state index contributed by atoms with van der Waals surface area (Å²) in [7, 11) is 0. The van der Waals surface area contributed by atoms with Gasteiger partial charge in [-0.3, -0.25) is 14.8 Å². The number of nitrogens with zero attached hydrogens (tertiary/aromatic N) is 2. The molecule has 0 aliphatic heterocycles. The van der Waals surface area contributed by atoms with Gasteiger partial charge < -0.3 is 0 Å². The molecule has 0 aliphatic carbocycles. The lowest BCUT2D eigenvalue weighted by molar-refractivity contribution is 0.0987. The highest BCUT2D eigenvalue weighted by atomic mass is 35.5. The van der Waals surface area contributed by atoms with E-state index in [1.54, 1.807) is 18.5 Å². The lowest BCUT2D eigenvalue weighted by atomic mass is 10.1. The molecule has 2 aromatic rings. The third-order valence-corrected chi connectivity index (χ3v) is 2.82. The predicted molar refractivity (Wildman–Crippen MR) is 66.3 cm³/mol. The van der Waals surface area contributed by atoms with Crippen LogP contribution in [0.4, 0.5) is 0 Å². The molecule has 4 heteroatoms. The van der Waals surface area contributed by atoms with Gasteiger partial charge in [-0.2, -0.15) is 0 Å². The molecular weight excluding hydrogens is 236 g/mol. The molecule has 0 N–H and O–H groups in total. The van der Waals surface area contributed by atoms with Crippen molar-refractivity contribution in [2.24, 2.45) is 0 Å². The van der Waals surface area contributed by atoms with Crippen LogP contribution in [0.25, 0.3) is 0 Å². The second-order valence-electron chi connectivity index (χ2n) is 3.74. The van der Waals surface area contributed by atoms with Gasteiger partial charge in [-0.25, -0.2) is 0 Å². The van der Waals surface area contributed by atoms with E-state index in [9.17, 15) is 4.79 Å². The van der Waals surface area contributed by atoms with Gasteiger partial charge in [0.25, 0.3) is 0 Å². The zero-order chi connectivity index (χ0) is 12.3. The number of ketones is 1. The summed E-state index contributed by atoms with van der Waals surface area (Å²) in [6.07, 6.45) is 5.03. The molecule has 86 valence electrons. The topological polar surface area (TPSA) is 42.9 Å². The first-order valence-electron chi connectivity index (χ1n) is 5.21. The van der Waals surface area contributed by atoms with Crippen molar-refractivity contribution in [1.29, 1.82) is 0 Å². The van der Waals surface area contributed by atoms with Gasteiger partial charge in [-0.1, -0.05) is 17.7 Å². The molecule has 17 heavy (non-hydrogen) atoms. The van der Waals surface area contributed by atoms with Gasteiger partial charge in [0.1, 0.15) is 5.69 Å². The Morgan fingerprint density at radius 1 is 1.35 bits per heavy atom. The van der Waals surface area contributed by atoms with E-state index in [-0.39, 0.29) is 12.2 Å². The fourth-order valence-corrected chi connectivity index (χ4v) is 1.77. The number of hydrogen-bond donors (Lipinski definition) is 0. The van der Waals surface area contributed by atoms with Crippen molar-refractivity contribution in [3.63, 3.8) is 0 Å². The van der Waals surface area contributed by atoms with Crippen LogP contribution in [-0.4, -0.2) is 15.8 Å². The van der Waals surface area contributed by atoms with E-state index in [1.165, 1.54) is 6.20 Å². The van der Waals surface area contributed by atoms with Crippen LogP contribution in [0.3, 0.4) is 0 Å². The normalized spacial score (nSPS) is 10.2. The Morgan fingerprint density at radius 2 is 2.18 bits per heavy atom. The fourth-order valence-electron chi connectivity index (χ4n) is 1.58. The highest BCUT2D eigenvalue weighted by Gasteiger charge is 2.12. The number of aryl methyl sites for hydroxylation is 1. The number of hydrogen-bond acceptors (Lipinski definition) is 3. The molecule has 0 atom stereocenters. The highest BCUT2D eigenvalue weighted by molar-refractivity contribution is 6.31. The van der Waals surface area contributed by atoms with Crippen molar-refractivity contribution in [3.05, 3.63) is 58.6 Å². The van der Waals surface area contributed by atoms with E-state index in [2.05, 4.69) is 9.97 Å². The zero-order valence-corrected chi connectivity index (χ0v) is 10.1. The average molecular weight is 247 g/mol. The Balaban J connectivity index is 2.24. The summed E-state index contributed by atoms with van der Waals surface area (Å²) in [6, 6.07) is 5.43. The van der Waals surface area contributed by atoms with Crippen LogP contribution in [0.2, 0.25) is 5.02 Å². The van der Waals surface area contributed by atoms with Gasteiger partial charge >= 0.3 is 0 Å². The Bertz CT molecular complexity index is 555. The first-order valence-corrected chi connectivity index (χ1v) is 5.59. The summed E-state index contributed by atoms with van der Waals surface area (Å²) in [5, 5.41) is 0.509. The standard InChI is InChI=1S/C13H11ClN2O/c1-9-3-2-5-16-13(9)12(17)7-10-4-6-15-8-11(10)14/h2-6,8H,7H2,1H3. The number of carbonyl (C=O) groups is 1. The summed E-state index contributed by atoms with van der Waals surface area (Å²) in [5.74, 6) is -0.0313. The second kappa shape index (κ2) is 5.06. The summed E-state index contributed by atoms with van der Waals surface area (Å²) in [4.78, 5) is 20.0. The van der Waals surface area contributed by atoms with Crippen LogP contribution in [-0.2, 0) is 6.42 Å². The summed E-state index contributed by atoms with van der Waals surface area (Å²) in [6.45, 7) is 1.87. The SMILES string of the molecule is Cc1cccnc1C(=O)Cc1ccncc1Cl. The van der Waals surface area contributed by atoms with Crippen LogP contribution < -0.4 is 0 Å². The van der Waals surface area contributed by atoms with E-state index >= 15 is 0 Å². The number of aromatic nitrogens is 2. The van der Waals surface area contributed by atoms with Crippen LogP contribution in [0.1, 0.15) is 21.6 Å². The Morgan fingerprint density at radius 3 is 2.88 bits per heavy atom. The first kappa shape index (κ1) is 11.7. The molecule has 0 fully saturated rings. The van der Waals surface area contributed by atoms with Crippen LogP contribution in [0, 0.1) is 6.92 Å². The second-order valence-corrected chi connectivity index (χ2v) is 4.14. The smallest absolute Gasteiger partial charge is 0.185 e. The molecule has 0 saturated carbocycles. The van der Waals surface area contributed by atoms with Gasteiger partial charge in [-0.15, -0.1) is 0 Å². The van der Waals surface area contributed by atoms with E-state index in [0.29, 0.717) is 10.7 Å². The predicted octanol–water partition coefficient (Wildman–Crippen LogP) is 2.86. The Labute approximate surface area is 104 Å². The third kappa shape index (κ3) is 2.68. The lowest BCUT2D eigenvalue weighted by Crippen LogP contribution is -2.08. The summed E-state index contributed by atoms with van der Waals surface area (Å²) in [5.41, 5.74) is 2.15. The molecule has 0 aromatic carbocycles. The van der Waals surface area contributed by atoms with Crippen molar-refractivity contribution >= 4 is 17.4 Å². The molecular formula is C13H11ClN2O. The fraction of sp³-hybridized carbons (Fsp3) is 0.154. The molecule has 0 bridgehead atoms. The summed E-state index contributed by atoms with van der Waals surface area (Å²) >= 11 is 5.96. The minimum Gasteiger partial charge on any atom is -0.292 e. The van der Waals surface area contributed by atoms with Gasteiger partial charge in [-0.05, 0) is 30.2 Å². The number of pyridine rings is 2. The third-order valence-electron chi connectivity index (χ3n) is 2.48. The van der Waals surface area contributed by atoms with E-state index in [4.69, 9.17) is 11.6 Å². The van der Waals surface area contributed by atoms with Crippen LogP contribution >= 0.6 is 11.6 Å². The van der Waals surface area contributed by atoms with Crippen LogP contribution in [0.5, 0.6) is 0 Å². The number of halogens is 1. The maximum atomic E-state index is 12.0. The average Bonchev–Trinajstić information content (AvgIpc) is 2.32. The van der Waals surface area contributed by atoms with Crippen LogP contribution in [0.15, 0.2) is 36.8 Å². The molecule has 0 spiro atoms. The van der Waals surface area contributed by atoms with Gasteiger partial charge in [0, 0.05) is 25.0 Å². The molecule has 2 heterocycles. The van der Waals surface area contributed by atoms with Crippen molar-refractivity contribution in [2.75, 3.05) is 0 Å². The Hall–Kier alpha value is -1.74. The maximum absolute atomic E-state index is 12.0. The number of carbonyl (C=O) groups excluding carboxylic acids is 1. The molecule has 0 saturated heterocycles. The molecule has 0 amide bonds. The van der Waals surface area contributed by atoms with E-state index in [0.717, 1.165) is 11.1 Å². The van der Waals surface area contributed by atoms with Gasteiger partial charge in [0.2, 0.25) is 0 Å². The minimum absolute atomic E-state index is 0.0313. The largest absolute Gasteiger partial charge is 0.292 e. The molecule has 0 radical (unpaired) electrons. The van der Waals surface area contributed by atoms with Crippen molar-refractivity contribution in [1.82, 2.24) is 9.97 Å². The zero-order valence-electron chi connectivity index (χ0n) is 9.35. The maximum Gasteiger partial charge on any atom is 0.185 e. The Kier molecular flexibility index (Phi) is 3.49. The summed E-state index contributed by atoms with van der Waals surface area (Å²) < 4.78 is 0. The van der Waals surface area contributed by atoms with Gasteiger partial charge in [0.05, 0.1) is 5.02 Å². The first-order chi connectivity index (χ1) is 8.18. The molecule has 2 rings (SSSR count). The highest BCUT2D eigenvalue weighted by Crippen LogP contribution is 2.16. The number of Topliss-reactive ketones (excluding diaryl/α,β-unsaturated/α-hetero) is 1. The molecule has 0 aliphatic rings. The van der Waals surface area contributed by atoms with Crippen molar-refractivity contribution in [2.45, 2.75) is 13.3 Å². The quantitative estimate of drug-likeness (QED) is 0.782.